The first-order valence-electron chi connectivity index (χ1n) is 5.86. The molecule has 0 aliphatic rings. The maximum Gasteiger partial charge on any atom is 0.306 e. The SMILES string of the molecule is COC(=O)CCSCCNc1c(F)cc(C#N)cc1F. The van der Waals surface area contributed by atoms with E-state index in [0.717, 1.165) is 12.1 Å². The molecule has 0 atom stereocenters. The van der Waals surface area contributed by atoms with Crippen LogP contribution in [0.15, 0.2) is 12.1 Å². The second-order valence-electron chi connectivity index (χ2n) is 3.79. The van der Waals surface area contributed by atoms with Crippen molar-refractivity contribution in [1.82, 2.24) is 0 Å². The Kier molecular flexibility index (Phi) is 6.81. The Hall–Kier alpha value is -1.81. The van der Waals surface area contributed by atoms with Gasteiger partial charge in [0.05, 0.1) is 25.2 Å². The third-order valence-corrected chi connectivity index (χ3v) is 3.38. The number of nitrogens with one attached hydrogen (secondary N) is 1. The van der Waals surface area contributed by atoms with E-state index in [1.807, 2.05) is 0 Å². The minimum atomic E-state index is -0.791. The van der Waals surface area contributed by atoms with Crippen LogP contribution in [0.1, 0.15) is 12.0 Å². The van der Waals surface area contributed by atoms with Gasteiger partial charge in [0.1, 0.15) is 5.69 Å². The number of thioether (sulfide) groups is 1. The van der Waals surface area contributed by atoms with Crippen molar-refractivity contribution in [3.63, 3.8) is 0 Å². The van der Waals surface area contributed by atoms with E-state index in [1.165, 1.54) is 18.9 Å². The zero-order valence-electron chi connectivity index (χ0n) is 10.9. The molecule has 0 radical (unpaired) electrons. The van der Waals surface area contributed by atoms with Crippen LogP contribution < -0.4 is 5.32 Å². The number of esters is 1. The van der Waals surface area contributed by atoms with Crippen LogP contribution in [0.25, 0.3) is 0 Å². The highest BCUT2D eigenvalue weighted by Gasteiger charge is 2.10. The van der Waals surface area contributed by atoms with E-state index < -0.39 is 11.6 Å². The predicted molar refractivity (Wildman–Crippen MR) is 73.5 cm³/mol. The summed E-state index contributed by atoms with van der Waals surface area (Å²) in [6, 6.07) is 3.64. The van der Waals surface area contributed by atoms with E-state index in [4.69, 9.17) is 5.26 Å². The van der Waals surface area contributed by atoms with E-state index in [0.29, 0.717) is 24.5 Å². The van der Waals surface area contributed by atoms with Gasteiger partial charge in [-0.3, -0.25) is 4.79 Å². The summed E-state index contributed by atoms with van der Waals surface area (Å²) in [7, 11) is 1.32. The molecule has 0 unspecified atom stereocenters. The molecule has 108 valence electrons. The monoisotopic (exact) mass is 300 g/mol. The number of anilines is 1. The Balaban J connectivity index is 2.36. The van der Waals surface area contributed by atoms with Gasteiger partial charge in [-0.1, -0.05) is 0 Å². The maximum absolute atomic E-state index is 13.5. The van der Waals surface area contributed by atoms with Crippen LogP contribution in [-0.2, 0) is 9.53 Å². The summed E-state index contributed by atoms with van der Waals surface area (Å²) in [6.45, 7) is 0.353. The number of hydrogen-bond acceptors (Lipinski definition) is 5. The van der Waals surface area contributed by atoms with Crippen LogP contribution in [0.5, 0.6) is 0 Å². The molecule has 1 aromatic carbocycles. The van der Waals surface area contributed by atoms with Gasteiger partial charge in [-0.15, -0.1) is 0 Å². The van der Waals surface area contributed by atoms with Crippen LogP contribution in [-0.4, -0.2) is 31.1 Å². The Morgan fingerprint density at radius 1 is 1.40 bits per heavy atom. The molecule has 0 saturated carbocycles. The first-order valence-corrected chi connectivity index (χ1v) is 7.01. The largest absolute Gasteiger partial charge is 0.469 e. The molecule has 1 N–H and O–H groups in total. The van der Waals surface area contributed by atoms with Gasteiger partial charge in [0.2, 0.25) is 0 Å². The van der Waals surface area contributed by atoms with Crippen LogP contribution in [0, 0.1) is 23.0 Å². The molecule has 1 rings (SSSR count). The highest BCUT2D eigenvalue weighted by atomic mass is 32.2. The molecular weight excluding hydrogens is 286 g/mol. The van der Waals surface area contributed by atoms with Gasteiger partial charge < -0.3 is 10.1 Å². The molecule has 4 nitrogen and oxygen atoms in total. The summed E-state index contributed by atoms with van der Waals surface area (Å²) in [5, 5.41) is 11.2. The third-order valence-electron chi connectivity index (χ3n) is 2.40. The minimum Gasteiger partial charge on any atom is -0.469 e. The number of methoxy groups -OCH3 is 1. The molecule has 0 aliphatic carbocycles. The number of nitriles is 1. The van der Waals surface area contributed by atoms with E-state index in [2.05, 4.69) is 10.1 Å². The quantitative estimate of drug-likeness (QED) is 0.619. The number of ether oxygens (including phenoxy) is 1. The summed E-state index contributed by atoms with van der Waals surface area (Å²) in [5.41, 5.74) is -0.296. The lowest BCUT2D eigenvalue weighted by molar-refractivity contribution is -0.140. The summed E-state index contributed by atoms with van der Waals surface area (Å²) < 4.78 is 31.5. The summed E-state index contributed by atoms with van der Waals surface area (Å²) in [5.74, 6) is -0.681. The van der Waals surface area contributed by atoms with Crippen LogP contribution in [0.4, 0.5) is 14.5 Å². The molecular formula is C13H14F2N2O2S. The Morgan fingerprint density at radius 2 is 2.05 bits per heavy atom. The summed E-state index contributed by atoms with van der Waals surface area (Å²) in [4.78, 5) is 10.8. The molecule has 0 saturated heterocycles. The summed E-state index contributed by atoms with van der Waals surface area (Å²) >= 11 is 1.47. The fourth-order valence-electron chi connectivity index (χ4n) is 1.41. The topological polar surface area (TPSA) is 62.1 Å². The van der Waals surface area contributed by atoms with Crippen LogP contribution in [0.2, 0.25) is 0 Å². The molecule has 0 spiro atoms. The van der Waals surface area contributed by atoms with E-state index in [9.17, 15) is 13.6 Å². The number of nitrogens with zero attached hydrogens (tertiary/aromatic N) is 1. The maximum atomic E-state index is 13.5. The molecule has 20 heavy (non-hydrogen) atoms. The highest BCUT2D eigenvalue weighted by molar-refractivity contribution is 7.99. The number of rotatable bonds is 7. The van der Waals surface area contributed by atoms with Crippen LogP contribution in [0.3, 0.4) is 0 Å². The van der Waals surface area contributed by atoms with Gasteiger partial charge >= 0.3 is 5.97 Å². The van der Waals surface area contributed by atoms with Gasteiger partial charge in [-0.2, -0.15) is 17.0 Å². The van der Waals surface area contributed by atoms with Crippen molar-refractivity contribution in [1.29, 1.82) is 5.26 Å². The van der Waals surface area contributed by atoms with Gasteiger partial charge in [0.25, 0.3) is 0 Å². The van der Waals surface area contributed by atoms with Crippen molar-refractivity contribution in [3.05, 3.63) is 29.3 Å². The number of halogens is 2. The predicted octanol–water partition coefficient (Wildman–Crippen LogP) is 2.54. The molecule has 0 aromatic heterocycles. The molecule has 0 fully saturated rings. The minimum absolute atomic E-state index is 0.0574. The molecule has 0 aliphatic heterocycles. The lowest BCUT2D eigenvalue weighted by atomic mass is 10.2. The smallest absolute Gasteiger partial charge is 0.306 e. The van der Waals surface area contributed by atoms with Crippen molar-refractivity contribution in [2.24, 2.45) is 0 Å². The Labute approximate surface area is 120 Å². The third kappa shape index (κ3) is 5.05. The van der Waals surface area contributed by atoms with Crippen molar-refractivity contribution >= 4 is 23.4 Å². The van der Waals surface area contributed by atoms with Gasteiger partial charge in [-0.05, 0) is 12.1 Å². The molecule has 7 heteroatoms. The normalized spacial score (nSPS) is 9.90. The fourth-order valence-corrected chi connectivity index (χ4v) is 2.18. The van der Waals surface area contributed by atoms with Gasteiger partial charge in [0.15, 0.2) is 11.6 Å². The first kappa shape index (κ1) is 16.2. The molecule has 0 heterocycles. The van der Waals surface area contributed by atoms with E-state index >= 15 is 0 Å². The van der Waals surface area contributed by atoms with Gasteiger partial charge in [0, 0.05) is 18.1 Å². The fraction of sp³-hybridized carbons (Fsp3) is 0.385. The van der Waals surface area contributed by atoms with E-state index in [-0.39, 0.29) is 17.2 Å². The molecule has 1 aromatic rings. The number of benzene rings is 1. The van der Waals surface area contributed by atoms with E-state index in [1.54, 1.807) is 6.07 Å². The second kappa shape index (κ2) is 8.38. The number of hydrogen-bond donors (Lipinski definition) is 1. The number of carbonyl (C=O) groups excluding carboxylic acids is 1. The van der Waals surface area contributed by atoms with Crippen molar-refractivity contribution in [2.45, 2.75) is 6.42 Å². The zero-order valence-corrected chi connectivity index (χ0v) is 11.7. The lowest BCUT2D eigenvalue weighted by Gasteiger charge is -2.08. The second-order valence-corrected chi connectivity index (χ2v) is 5.02. The first-order chi connectivity index (χ1) is 9.58. The molecule has 0 amide bonds. The number of carbonyl (C=O) groups is 1. The zero-order chi connectivity index (χ0) is 15.0. The van der Waals surface area contributed by atoms with Crippen molar-refractivity contribution in [3.8, 4) is 6.07 Å². The Bertz CT molecular complexity index is 495. The van der Waals surface area contributed by atoms with Crippen LogP contribution >= 0.6 is 11.8 Å². The standard InChI is InChI=1S/C13H14F2N2O2S/c1-19-12(18)2-4-20-5-3-17-13-10(14)6-9(8-16)7-11(13)15/h6-7,17H,2-5H2,1H3. The molecule has 0 bridgehead atoms. The Morgan fingerprint density at radius 3 is 2.60 bits per heavy atom. The van der Waals surface area contributed by atoms with Crippen molar-refractivity contribution < 1.29 is 18.3 Å². The lowest BCUT2D eigenvalue weighted by Crippen LogP contribution is -2.09. The average Bonchev–Trinajstić information content (AvgIpc) is 2.44. The van der Waals surface area contributed by atoms with Crippen molar-refractivity contribution in [2.75, 3.05) is 30.5 Å². The van der Waals surface area contributed by atoms with Gasteiger partial charge in [-0.25, -0.2) is 8.78 Å². The highest BCUT2D eigenvalue weighted by Crippen LogP contribution is 2.20. The average molecular weight is 300 g/mol. The summed E-state index contributed by atoms with van der Waals surface area (Å²) in [6.07, 6.45) is 0.306.